The van der Waals surface area contributed by atoms with Gasteiger partial charge in [-0.25, -0.2) is 0 Å². The molecule has 0 aromatic rings. The predicted molar refractivity (Wildman–Crippen MR) is 109 cm³/mol. The van der Waals surface area contributed by atoms with Crippen molar-refractivity contribution in [3.05, 3.63) is 34.6 Å². The van der Waals surface area contributed by atoms with E-state index in [1.807, 2.05) is 13.8 Å². The quantitative estimate of drug-likeness (QED) is 0.539. The molecule has 0 saturated heterocycles. The van der Waals surface area contributed by atoms with Gasteiger partial charge in [0.05, 0.1) is 5.41 Å². The molecule has 0 aromatic carbocycles. The van der Waals surface area contributed by atoms with Crippen molar-refractivity contribution in [2.24, 2.45) is 16.7 Å². The number of esters is 1. The first-order valence-corrected chi connectivity index (χ1v) is 10.9. The lowest BCUT2D eigenvalue weighted by Crippen LogP contribution is -2.57. The molecule has 2 N–H and O–H groups in total. The summed E-state index contributed by atoms with van der Waals surface area (Å²) < 4.78 is 5.83. The van der Waals surface area contributed by atoms with E-state index in [1.165, 1.54) is 11.6 Å². The lowest BCUT2D eigenvalue weighted by Gasteiger charge is -2.52. The highest BCUT2D eigenvalue weighted by atomic mass is 16.6. The topological polar surface area (TPSA) is 101 Å². The molecule has 30 heavy (non-hydrogen) atoms. The number of ether oxygens (including phenoxy) is 1. The summed E-state index contributed by atoms with van der Waals surface area (Å²) in [5.74, 6) is -0.921. The van der Waals surface area contributed by atoms with Crippen LogP contribution in [0.25, 0.3) is 0 Å². The van der Waals surface area contributed by atoms with E-state index in [1.54, 1.807) is 13.0 Å². The number of fused-ring (bicyclic) bond motifs is 4. The Labute approximate surface area is 176 Å². The Balaban J connectivity index is 1.80. The number of hydrogen-bond donors (Lipinski definition) is 2. The molecule has 1 saturated carbocycles. The number of carbonyl (C=O) groups is 3. The minimum Gasteiger partial charge on any atom is -0.508 e. The highest BCUT2D eigenvalue weighted by molar-refractivity contribution is 6.02. The summed E-state index contributed by atoms with van der Waals surface area (Å²) in [5, 5.41) is 19.6. The summed E-state index contributed by atoms with van der Waals surface area (Å²) in [6.07, 6.45) is 6.95. The van der Waals surface area contributed by atoms with Crippen molar-refractivity contribution < 1.29 is 29.3 Å². The van der Waals surface area contributed by atoms with Gasteiger partial charge in [-0.05, 0) is 63.0 Å². The van der Waals surface area contributed by atoms with Crippen molar-refractivity contribution in [2.45, 2.75) is 71.3 Å². The maximum absolute atomic E-state index is 13.0. The van der Waals surface area contributed by atoms with Crippen LogP contribution in [-0.4, -0.2) is 40.0 Å². The van der Waals surface area contributed by atoms with Gasteiger partial charge in [-0.1, -0.05) is 25.0 Å². The molecule has 0 radical (unpaired) electrons. The molecule has 4 aliphatic rings. The molecule has 6 nitrogen and oxygen atoms in total. The number of carbonyl (C=O) groups excluding carboxylic acids is 3. The molecule has 0 aromatic heterocycles. The number of hydrogen-bond acceptors (Lipinski definition) is 6. The number of aliphatic hydroxyl groups is 2. The first-order valence-electron chi connectivity index (χ1n) is 10.9. The average Bonchev–Trinajstić information content (AvgIpc) is 3.01. The summed E-state index contributed by atoms with van der Waals surface area (Å²) in [6.45, 7) is 4.99. The van der Waals surface area contributed by atoms with E-state index in [0.29, 0.717) is 32.1 Å². The van der Waals surface area contributed by atoms with E-state index < -0.39 is 34.8 Å². The molecule has 0 spiro atoms. The molecule has 0 aliphatic heterocycles. The summed E-state index contributed by atoms with van der Waals surface area (Å²) in [7, 11) is 0. The first kappa shape index (κ1) is 21.0. The third kappa shape index (κ3) is 2.55. The molecule has 0 unspecified atom stereocenters. The van der Waals surface area contributed by atoms with E-state index in [0.717, 1.165) is 17.6 Å². The predicted octanol–water partition coefficient (Wildman–Crippen LogP) is 3.50. The molecule has 1 fully saturated rings. The zero-order chi connectivity index (χ0) is 21.9. The molecule has 0 heterocycles. The number of rotatable bonds is 4. The lowest BCUT2D eigenvalue weighted by molar-refractivity contribution is -0.183. The van der Waals surface area contributed by atoms with Crippen LogP contribution in [0.2, 0.25) is 0 Å². The van der Waals surface area contributed by atoms with Crippen molar-refractivity contribution in [3.8, 4) is 0 Å². The summed E-state index contributed by atoms with van der Waals surface area (Å²) in [6, 6.07) is 0. The molecule has 162 valence electrons. The highest BCUT2D eigenvalue weighted by Gasteiger charge is 2.66. The molecular formula is C24H30O6. The van der Waals surface area contributed by atoms with E-state index in [2.05, 4.69) is 0 Å². The fraction of sp³-hybridized carbons (Fsp3) is 0.625. The number of ketones is 2. The molecular weight excluding hydrogens is 384 g/mol. The number of allylic oxidation sites excluding steroid dienone is 5. The van der Waals surface area contributed by atoms with Gasteiger partial charge >= 0.3 is 5.97 Å². The van der Waals surface area contributed by atoms with E-state index in [4.69, 9.17) is 4.74 Å². The van der Waals surface area contributed by atoms with Crippen LogP contribution in [0.3, 0.4) is 0 Å². The van der Waals surface area contributed by atoms with Crippen molar-refractivity contribution in [3.63, 3.8) is 0 Å². The van der Waals surface area contributed by atoms with Crippen LogP contribution in [-0.2, 0) is 19.1 Å². The van der Waals surface area contributed by atoms with Gasteiger partial charge < -0.3 is 14.9 Å². The SMILES string of the molecule is CCC(=O)O[C@]1(C(=O)CO)CC[C@H]2C3=C(CC[C@@]21C)[C@@]1(C)C(=O)C=C(O)C=C1CC3. The molecule has 4 atom stereocenters. The first-order chi connectivity index (χ1) is 14.1. The smallest absolute Gasteiger partial charge is 0.306 e. The largest absolute Gasteiger partial charge is 0.508 e. The minimum absolute atomic E-state index is 0.0112. The maximum Gasteiger partial charge on any atom is 0.306 e. The van der Waals surface area contributed by atoms with Crippen LogP contribution in [0.4, 0.5) is 0 Å². The van der Waals surface area contributed by atoms with Crippen LogP contribution in [0.5, 0.6) is 0 Å². The average molecular weight is 414 g/mol. The second-order valence-corrected chi connectivity index (χ2v) is 9.48. The van der Waals surface area contributed by atoms with Gasteiger partial charge in [0.25, 0.3) is 0 Å². The molecule has 4 rings (SSSR count). The third-order valence-electron chi connectivity index (χ3n) is 8.35. The Kier molecular flexibility index (Phi) is 4.84. The highest BCUT2D eigenvalue weighted by Crippen LogP contribution is 2.65. The fourth-order valence-electron chi connectivity index (χ4n) is 6.63. The van der Waals surface area contributed by atoms with Gasteiger partial charge in [-0.3, -0.25) is 14.4 Å². The van der Waals surface area contributed by atoms with E-state index >= 15 is 0 Å². The van der Waals surface area contributed by atoms with Crippen molar-refractivity contribution >= 4 is 17.5 Å². The summed E-state index contributed by atoms with van der Waals surface area (Å²) in [4.78, 5) is 38.2. The minimum atomic E-state index is -1.32. The van der Waals surface area contributed by atoms with Gasteiger partial charge in [-0.15, -0.1) is 0 Å². The normalized spacial score (nSPS) is 37.6. The summed E-state index contributed by atoms with van der Waals surface area (Å²) >= 11 is 0. The van der Waals surface area contributed by atoms with E-state index in [-0.39, 0.29) is 23.9 Å². The van der Waals surface area contributed by atoms with Crippen molar-refractivity contribution in [2.75, 3.05) is 6.61 Å². The Morgan fingerprint density at radius 3 is 2.57 bits per heavy atom. The number of Topliss-reactive ketones (excluding diaryl/α,β-unsaturated/α-hetero) is 1. The van der Waals surface area contributed by atoms with Crippen molar-refractivity contribution in [1.82, 2.24) is 0 Å². The molecule has 4 aliphatic carbocycles. The molecule has 6 heteroatoms. The molecule has 0 bridgehead atoms. The maximum atomic E-state index is 13.0. The van der Waals surface area contributed by atoms with Gasteiger partial charge in [0.1, 0.15) is 12.4 Å². The van der Waals surface area contributed by atoms with Crippen LogP contribution < -0.4 is 0 Å². The van der Waals surface area contributed by atoms with Gasteiger partial charge in [0.15, 0.2) is 11.4 Å². The van der Waals surface area contributed by atoms with Gasteiger partial charge in [0, 0.05) is 17.9 Å². The standard InChI is InChI=1S/C24H30O6/c1-4-21(29)30-24(20(28)13-25)10-8-17-16-6-5-14-11-15(26)12-19(27)23(14,3)18(16)7-9-22(17,24)2/h11-12,17,25-26H,4-10,13H2,1-3H3/t17-,22-,23-,24-/m0/s1. The van der Waals surface area contributed by atoms with Gasteiger partial charge in [0.2, 0.25) is 5.78 Å². The molecule has 0 amide bonds. The second-order valence-electron chi connectivity index (χ2n) is 9.48. The zero-order valence-corrected chi connectivity index (χ0v) is 17.9. The van der Waals surface area contributed by atoms with Crippen LogP contribution in [0, 0.1) is 16.7 Å². The van der Waals surface area contributed by atoms with Crippen molar-refractivity contribution in [1.29, 1.82) is 0 Å². The van der Waals surface area contributed by atoms with Crippen LogP contribution in [0.1, 0.15) is 65.7 Å². The Morgan fingerprint density at radius 1 is 1.17 bits per heavy atom. The second kappa shape index (κ2) is 6.91. The Hall–Kier alpha value is -2.21. The van der Waals surface area contributed by atoms with Crippen LogP contribution in [0.15, 0.2) is 34.6 Å². The zero-order valence-electron chi connectivity index (χ0n) is 17.9. The van der Waals surface area contributed by atoms with Crippen LogP contribution >= 0.6 is 0 Å². The van der Waals surface area contributed by atoms with Gasteiger partial charge in [-0.2, -0.15) is 0 Å². The number of aliphatic hydroxyl groups excluding tert-OH is 2. The van der Waals surface area contributed by atoms with E-state index in [9.17, 15) is 24.6 Å². The Morgan fingerprint density at radius 2 is 1.90 bits per heavy atom. The third-order valence-corrected chi connectivity index (χ3v) is 8.35. The Bertz CT molecular complexity index is 924. The monoisotopic (exact) mass is 414 g/mol. The lowest BCUT2D eigenvalue weighted by atomic mass is 9.53. The summed E-state index contributed by atoms with van der Waals surface area (Å²) in [5.41, 5.74) is 0.584. The fourth-order valence-corrected chi connectivity index (χ4v) is 6.63.